The van der Waals surface area contributed by atoms with Gasteiger partial charge in [0.2, 0.25) is 0 Å². The van der Waals surface area contributed by atoms with Crippen LogP contribution >= 0.6 is 0 Å². The first-order valence-electron chi connectivity index (χ1n) is 11.0. The van der Waals surface area contributed by atoms with E-state index in [9.17, 15) is 14.4 Å². The average Bonchev–Trinajstić information content (AvgIpc) is 2.73. The predicted octanol–water partition coefficient (Wildman–Crippen LogP) is 4.20. The Bertz CT molecular complexity index is 692. The number of aryl methyl sites for hydroxylation is 2. The molecule has 0 radical (unpaired) electrons. The molecule has 0 N–H and O–H groups in total. The maximum Gasteiger partial charge on any atom is 0.324 e. The minimum Gasteiger partial charge on any atom is -0.466 e. The second-order valence-electron chi connectivity index (χ2n) is 7.26. The number of carbonyl (C=O) groups is 3. The number of benzene rings is 1. The van der Waals surface area contributed by atoms with E-state index < -0.39 is 29.7 Å². The molecule has 0 aliphatic carbocycles. The molecule has 0 saturated heterocycles. The fourth-order valence-corrected chi connectivity index (χ4v) is 3.41. The summed E-state index contributed by atoms with van der Waals surface area (Å²) in [6.07, 6.45) is 2.93. The Balaban J connectivity index is 3.35. The van der Waals surface area contributed by atoms with Gasteiger partial charge in [-0.3, -0.25) is 14.4 Å². The monoisotopic (exact) mass is 420 g/mol. The Morgan fingerprint density at radius 2 is 1.43 bits per heavy atom. The molecule has 1 rings (SSSR count). The highest BCUT2D eigenvalue weighted by Gasteiger charge is 2.51. The van der Waals surface area contributed by atoms with Gasteiger partial charge in [-0.1, -0.05) is 45.4 Å². The second-order valence-corrected chi connectivity index (χ2v) is 7.26. The summed E-state index contributed by atoms with van der Waals surface area (Å²) in [4.78, 5) is 38.5. The molecule has 6 heteroatoms. The topological polar surface area (TPSA) is 78.9 Å². The molecule has 0 spiro atoms. The number of esters is 3. The zero-order valence-corrected chi connectivity index (χ0v) is 19.0. The molecule has 6 nitrogen and oxygen atoms in total. The van der Waals surface area contributed by atoms with E-state index >= 15 is 0 Å². The van der Waals surface area contributed by atoms with Crippen molar-refractivity contribution in [2.75, 3.05) is 19.8 Å². The molecule has 168 valence electrons. The highest BCUT2D eigenvalue weighted by molar-refractivity contribution is 6.03. The van der Waals surface area contributed by atoms with E-state index in [1.165, 1.54) is 5.56 Å². The summed E-state index contributed by atoms with van der Waals surface area (Å²) in [6.45, 7) is 9.91. The number of hydrogen-bond acceptors (Lipinski definition) is 6. The first-order chi connectivity index (χ1) is 14.4. The second kappa shape index (κ2) is 13.0. The number of ether oxygens (including phenoxy) is 3. The largest absolute Gasteiger partial charge is 0.466 e. The molecule has 1 aromatic rings. The Kier molecular flexibility index (Phi) is 11.2. The fraction of sp³-hybridized carbons (Fsp3) is 0.625. The molecular weight excluding hydrogens is 384 g/mol. The van der Waals surface area contributed by atoms with Crippen molar-refractivity contribution in [1.82, 2.24) is 0 Å². The Morgan fingerprint density at radius 3 is 1.93 bits per heavy atom. The predicted molar refractivity (Wildman–Crippen MR) is 115 cm³/mol. The molecule has 0 unspecified atom stereocenters. The van der Waals surface area contributed by atoms with Gasteiger partial charge in [0.15, 0.2) is 5.41 Å². The van der Waals surface area contributed by atoms with E-state index in [4.69, 9.17) is 14.2 Å². The van der Waals surface area contributed by atoms with Crippen molar-refractivity contribution in [2.45, 2.75) is 73.1 Å². The summed E-state index contributed by atoms with van der Waals surface area (Å²) in [7, 11) is 0. The third kappa shape index (κ3) is 6.85. The highest BCUT2D eigenvalue weighted by atomic mass is 16.6. The molecule has 1 aromatic carbocycles. The summed E-state index contributed by atoms with van der Waals surface area (Å²) in [6, 6.07) is 5.90. The van der Waals surface area contributed by atoms with Crippen LogP contribution in [0.5, 0.6) is 0 Å². The lowest BCUT2D eigenvalue weighted by Gasteiger charge is -2.28. The Labute approximate surface area is 180 Å². The van der Waals surface area contributed by atoms with Crippen molar-refractivity contribution < 1.29 is 28.6 Å². The van der Waals surface area contributed by atoms with E-state index in [1.807, 2.05) is 25.1 Å². The van der Waals surface area contributed by atoms with E-state index in [2.05, 4.69) is 13.8 Å². The van der Waals surface area contributed by atoms with Gasteiger partial charge in [0.25, 0.3) is 0 Å². The lowest BCUT2D eigenvalue weighted by molar-refractivity contribution is -0.177. The van der Waals surface area contributed by atoms with Crippen molar-refractivity contribution in [2.24, 2.45) is 5.41 Å². The maximum atomic E-state index is 13.0. The van der Waals surface area contributed by atoms with Gasteiger partial charge in [0, 0.05) is 0 Å². The van der Waals surface area contributed by atoms with Crippen LogP contribution in [0.1, 0.15) is 70.6 Å². The molecule has 0 fully saturated rings. The highest BCUT2D eigenvalue weighted by Crippen LogP contribution is 2.33. The van der Waals surface area contributed by atoms with Crippen LogP contribution in [0.4, 0.5) is 0 Å². The van der Waals surface area contributed by atoms with E-state index in [0.717, 1.165) is 36.8 Å². The van der Waals surface area contributed by atoms with Crippen LogP contribution in [0, 0.1) is 5.41 Å². The van der Waals surface area contributed by atoms with Crippen LogP contribution in [-0.2, 0) is 47.9 Å². The lowest BCUT2D eigenvalue weighted by atomic mass is 9.77. The van der Waals surface area contributed by atoms with Crippen molar-refractivity contribution in [3.63, 3.8) is 0 Å². The summed E-state index contributed by atoms with van der Waals surface area (Å²) >= 11 is 0. The molecule has 0 aliphatic heterocycles. The van der Waals surface area contributed by atoms with E-state index in [0.29, 0.717) is 0 Å². The molecule has 0 heterocycles. The molecule has 0 aliphatic rings. The number of rotatable bonds is 13. The lowest BCUT2D eigenvalue weighted by Crippen LogP contribution is -2.46. The fourth-order valence-electron chi connectivity index (χ4n) is 3.41. The van der Waals surface area contributed by atoms with Gasteiger partial charge in [-0.15, -0.1) is 0 Å². The van der Waals surface area contributed by atoms with E-state index in [1.54, 1.807) is 13.8 Å². The van der Waals surface area contributed by atoms with Crippen molar-refractivity contribution in [3.05, 3.63) is 34.9 Å². The SMILES string of the molecule is CCCCOC(=O)CC(Cc1ccc(CC)c(CC)c1)(C(=O)OCC)C(=O)OCC. The summed E-state index contributed by atoms with van der Waals surface area (Å²) < 4.78 is 15.7. The average molecular weight is 421 g/mol. The minimum absolute atomic E-state index is 0.0184. The third-order valence-electron chi connectivity index (χ3n) is 5.08. The molecule has 0 amide bonds. The van der Waals surface area contributed by atoms with Crippen molar-refractivity contribution in [1.29, 1.82) is 0 Å². The van der Waals surface area contributed by atoms with Crippen LogP contribution < -0.4 is 0 Å². The van der Waals surface area contributed by atoms with Crippen molar-refractivity contribution >= 4 is 17.9 Å². The summed E-state index contributed by atoms with van der Waals surface area (Å²) in [5.41, 5.74) is 1.39. The summed E-state index contributed by atoms with van der Waals surface area (Å²) in [5.74, 6) is -2.12. The Hall–Kier alpha value is -2.37. The van der Waals surface area contributed by atoms with Gasteiger partial charge >= 0.3 is 17.9 Å². The third-order valence-corrected chi connectivity index (χ3v) is 5.08. The minimum atomic E-state index is -1.77. The molecule has 0 atom stereocenters. The molecule has 30 heavy (non-hydrogen) atoms. The van der Waals surface area contributed by atoms with Gasteiger partial charge < -0.3 is 14.2 Å². The standard InChI is InChI=1S/C24H36O6/c1-6-11-14-30-21(25)17-24(22(26)28-9-4,23(27)29-10-5)16-18-12-13-19(7-2)20(8-3)15-18/h12-13,15H,6-11,14,16-17H2,1-5H3. The van der Waals surface area contributed by atoms with Gasteiger partial charge in [-0.25, -0.2) is 0 Å². The molecule has 0 bridgehead atoms. The maximum absolute atomic E-state index is 13.0. The van der Waals surface area contributed by atoms with Crippen LogP contribution in [0.2, 0.25) is 0 Å². The van der Waals surface area contributed by atoms with E-state index in [-0.39, 0.29) is 26.2 Å². The van der Waals surface area contributed by atoms with Gasteiger partial charge in [-0.05, 0) is 56.2 Å². The normalized spacial score (nSPS) is 11.1. The van der Waals surface area contributed by atoms with Crippen molar-refractivity contribution in [3.8, 4) is 0 Å². The first-order valence-corrected chi connectivity index (χ1v) is 11.0. The Morgan fingerprint density at radius 1 is 0.833 bits per heavy atom. The van der Waals surface area contributed by atoms with Crippen LogP contribution in [0.3, 0.4) is 0 Å². The van der Waals surface area contributed by atoms with Crippen LogP contribution in [0.25, 0.3) is 0 Å². The quantitative estimate of drug-likeness (QED) is 0.206. The molecular formula is C24H36O6. The molecule has 0 saturated carbocycles. The van der Waals surface area contributed by atoms with Gasteiger partial charge in [0.1, 0.15) is 0 Å². The first kappa shape index (κ1) is 25.7. The molecule has 0 aromatic heterocycles. The van der Waals surface area contributed by atoms with Crippen LogP contribution in [-0.4, -0.2) is 37.7 Å². The smallest absolute Gasteiger partial charge is 0.324 e. The number of hydrogen-bond donors (Lipinski definition) is 0. The zero-order chi connectivity index (χ0) is 22.6. The van der Waals surface area contributed by atoms with Gasteiger partial charge in [-0.2, -0.15) is 0 Å². The zero-order valence-electron chi connectivity index (χ0n) is 19.0. The van der Waals surface area contributed by atoms with Gasteiger partial charge in [0.05, 0.1) is 26.2 Å². The van der Waals surface area contributed by atoms with Crippen LogP contribution in [0.15, 0.2) is 18.2 Å². The summed E-state index contributed by atoms with van der Waals surface area (Å²) in [5, 5.41) is 0. The number of carbonyl (C=O) groups excluding carboxylic acids is 3. The number of unbranched alkanes of at least 4 members (excludes halogenated alkanes) is 1.